The first kappa shape index (κ1) is 26.3. The van der Waals surface area contributed by atoms with Crippen LogP contribution in [0.5, 0.6) is 17.2 Å². The molecule has 0 saturated heterocycles. The molecule has 2 aromatic rings. The molecule has 10 nitrogen and oxygen atoms in total. The van der Waals surface area contributed by atoms with Crippen molar-refractivity contribution in [3.8, 4) is 17.2 Å². The van der Waals surface area contributed by atoms with E-state index in [-0.39, 0.29) is 23.7 Å². The molecule has 0 bridgehead atoms. The summed E-state index contributed by atoms with van der Waals surface area (Å²) in [6.45, 7) is -0.122. The maximum atomic E-state index is 13.1. The molecule has 0 spiro atoms. The molecule has 1 heterocycles. The zero-order chi connectivity index (χ0) is 27.2. The number of hydrogen-bond donors (Lipinski definition) is 6. The number of nitrogens with one attached hydrogen (secondary N) is 2. The molecule has 2 aromatic carbocycles. The van der Waals surface area contributed by atoms with Crippen LogP contribution in [-0.2, 0) is 16.1 Å². The average Bonchev–Trinajstić information content (AvgIpc) is 3.12. The predicted molar refractivity (Wildman–Crippen MR) is 136 cm³/mol. The molecule has 1 fully saturated rings. The number of ether oxygens (including phenoxy) is 1. The lowest BCUT2D eigenvalue weighted by atomic mass is 9.75. The van der Waals surface area contributed by atoms with E-state index < -0.39 is 41.0 Å². The molecule has 4 rings (SSSR count). The van der Waals surface area contributed by atoms with Crippen molar-refractivity contribution in [1.29, 1.82) is 0 Å². The van der Waals surface area contributed by atoms with Gasteiger partial charge >= 0.3 is 5.97 Å². The molecule has 1 aliphatic carbocycles. The summed E-state index contributed by atoms with van der Waals surface area (Å²) in [7, 11) is 0. The highest BCUT2D eigenvalue weighted by Gasteiger charge is 2.38. The van der Waals surface area contributed by atoms with Crippen LogP contribution in [-0.4, -0.2) is 38.1 Å². The Bertz CT molecular complexity index is 1300. The number of amides is 1. The number of carbonyl (C=O) groups excluding carboxylic acids is 2. The number of aromatic hydroxyl groups is 3. The van der Waals surface area contributed by atoms with Crippen LogP contribution in [0, 0.1) is 11.8 Å². The van der Waals surface area contributed by atoms with Gasteiger partial charge in [0, 0.05) is 23.9 Å². The number of phenolic OH excluding ortho intramolecular Hbond substituents is 3. The largest absolute Gasteiger partial charge is 0.508 e. The lowest BCUT2D eigenvalue weighted by Gasteiger charge is -2.27. The summed E-state index contributed by atoms with van der Waals surface area (Å²) in [4.78, 5) is 37.4. The molecule has 10 heteroatoms. The fourth-order valence-corrected chi connectivity index (χ4v) is 4.61. The van der Waals surface area contributed by atoms with Gasteiger partial charge in [0.15, 0.2) is 5.78 Å². The van der Waals surface area contributed by atoms with Gasteiger partial charge in [0.05, 0.1) is 11.6 Å². The zero-order valence-corrected chi connectivity index (χ0v) is 20.4. The van der Waals surface area contributed by atoms with Crippen molar-refractivity contribution >= 4 is 17.7 Å². The Morgan fingerprint density at radius 2 is 1.63 bits per heavy atom. The fourth-order valence-electron chi connectivity index (χ4n) is 4.61. The van der Waals surface area contributed by atoms with E-state index in [0.717, 1.165) is 0 Å². The molecule has 1 aliphatic heterocycles. The summed E-state index contributed by atoms with van der Waals surface area (Å²) in [5.74, 6) is -4.38. The number of phenols is 3. The van der Waals surface area contributed by atoms with E-state index in [0.29, 0.717) is 42.5 Å². The Morgan fingerprint density at radius 3 is 2.29 bits per heavy atom. The summed E-state index contributed by atoms with van der Waals surface area (Å²) in [5.41, 5.74) is 0.680. The number of allylic oxidation sites excluding steroid dienone is 2. The molecule has 2 aliphatic rings. The van der Waals surface area contributed by atoms with Crippen molar-refractivity contribution in [3.05, 3.63) is 89.1 Å². The van der Waals surface area contributed by atoms with E-state index in [1.165, 1.54) is 42.6 Å². The minimum atomic E-state index is -1.06. The Balaban J connectivity index is 1.47. The zero-order valence-electron chi connectivity index (χ0n) is 20.4. The SMILES string of the molecule is O=C(NC1=CNC=CC=C1OCc1cc(O)c(C(=O)[C@@H]2CCCC[C@@H]2C(=O)O)c(O)c1)c1ccc(O)cc1. The second kappa shape index (κ2) is 11.5. The summed E-state index contributed by atoms with van der Waals surface area (Å²) in [5, 5.41) is 45.7. The number of carboxylic acid groups (broad SMARTS) is 1. The van der Waals surface area contributed by atoms with E-state index >= 15 is 0 Å². The Labute approximate surface area is 218 Å². The normalized spacial score (nSPS) is 18.8. The van der Waals surface area contributed by atoms with Gasteiger partial charge in [0.2, 0.25) is 0 Å². The van der Waals surface area contributed by atoms with Crippen molar-refractivity contribution in [2.45, 2.75) is 32.3 Å². The summed E-state index contributed by atoms with van der Waals surface area (Å²) in [6.07, 6.45) is 8.56. The van der Waals surface area contributed by atoms with Gasteiger partial charge in [-0.05, 0) is 67.0 Å². The van der Waals surface area contributed by atoms with E-state index in [1.54, 1.807) is 18.4 Å². The molecule has 2 atom stereocenters. The quantitative estimate of drug-likeness (QED) is 0.285. The summed E-state index contributed by atoms with van der Waals surface area (Å²) in [6, 6.07) is 8.31. The minimum absolute atomic E-state index is 0.0321. The van der Waals surface area contributed by atoms with Crippen molar-refractivity contribution in [1.82, 2.24) is 10.6 Å². The Hall–Kier alpha value is -4.73. The second-order valence-corrected chi connectivity index (χ2v) is 9.11. The van der Waals surface area contributed by atoms with Gasteiger partial charge in [-0.25, -0.2) is 0 Å². The van der Waals surface area contributed by atoms with Crippen LogP contribution in [0.2, 0.25) is 0 Å². The molecule has 0 aromatic heterocycles. The highest BCUT2D eigenvalue weighted by molar-refractivity contribution is 6.04. The average molecular weight is 521 g/mol. The van der Waals surface area contributed by atoms with Gasteiger partial charge in [-0.3, -0.25) is 14.4 Å². The smallest absolute Gasteiger partial charge is 0.307 e. The summed E-state index contributed by atoms with van der Waals surface area (Å²) < 4.78 is 5.85. The van der Waals surface area contributed by atoms with Gasteiger partial charge < -0.3 is 35.8 Å². The third-order valence-corrected chi connectivity index (χ3v) is 6.53. The van der Waals surface area contributed by atoms with E-state index in [1.807, 2.05) is 0 Å². The van der Waals surface area contributed by atoms with Gasteiger partial charge in [-0.1, -0.05) is 12.8 Å². The number of aliphatic carboxylic acids is 1. The molecule has 0 radical (unpaired) electrons. The first-order valence-corrected chi connectivity index (χ1v) is 12.1. The number of Topliss-reactive ketones (excluding diaryl/α,β-unsaturated/α-hetero) is 1. The molecule has 38 heavy (non-hydrogen) atoms. The van der Waals surface area contributed by atoms with Gasteiger partial charge in [0.1, 0.15) is 35.2 Å². The standard InChI is InChI=1S/C28H28N2O8/c31-18-9-7-17(8-10-18)27(35)30-21-14-29-11-3-6-24(21)38-15-16-12-22(32)25(23(33)13-16)26(34)19-4-1-2-5-20(19)28(36)37/h3,6-14,19-20,29,31-33H,1-2,4-5,15H2,(H,30,35)(H,36,37)/t19-,20+/m1/s1. The number of ketones is 1. The molecule has 6 N–H and O–H groups in total. The van der Waals surface area contributed by atoms with Gasteiger partial charge in [0.25, 0.3) is 5.91 Å². The predicted octanol–water partition coefficient (Wildman–Crippen LogP) is 3.67. The first-order valence-electron chi connectivity index (χ1n) is 12.1. The molecule has 0 unspecified atom stereocenters. The fraction of sp³-hybridized carbons (Fsp3) is 0.250. The van der Waals surface area contributed by atoms with E-state index in [9.17, 15) is 34.8 Å². The number of hydrogen-bond acceptors (Lipinski definition) is 8. The lowest BCUT2D eigenvalue weighted by Crippen LogP contribution is -2.32. The van der Waals surface area contributed by atoms with Crippen molar-refractivity contribution in [3.63, 3.8) is 0 Å². The number of rotatable bonds is 8. The third kappa shape index (κ3) is 5.97. The van der Waals surface area contributed by atoms with Crippen LogP contribution in [0.25, 0.3) is 0 Å². The molecular formula is C28H28N2O8. The highest BCUT2D eigenvalue weighted by Crippen LogP contribution is 2.38. The topological polar surface area (TPSA) is 165 Å². The van der Waals surface area contributed by atoms with Crippen LogP contribution in [0.4, 0.5) is 0 Å². The number of carbonyl (C=O) groups is 3. The van der Waals surface area contributed by atoms with Crippen LogP contribution >= 0.6 is 0 Å². The number of carboxylic acids is 1. The summed E-state index contributed by atoms with van der Waals surface area (Å²) >= 11 is 0. The van der Waals surface area contributed by atoms with Gasteiger partial charge in [-0.2, -0.15) is 0 Å². The van der Waals surface area contributed by atoms with Crippen LogP contribution in [0.1, 0.15) is 52.0 Å². The van der Waals surface area contributed by atoms with Crippen LogP contribution in [0.3, 0.4) is 0 Å². The lowest BCUT2D eigenvalue weighted by molar-refractivity contribution is -0.144. The first-order chi connectivity index (χ1) is 18.2. The molecule has 1 amide bonds. The molecule has 1 saturated carbocycles. The van der Waals surface area contributed by atoms with Crippen molar-refractivity contribution < 1.29 is 39.5 Å². The number of benzene rings is 2. The van der Waals surface area contributed by atoms with Crippen LogP contribution in [0.15, 0.2) is 72.4 Å². The monoisotopic (exact) mass is 520 g/mol. The Kier molecular flexibility index (Phi) is 8.00. The van der Waals surface area contributed by atoms with Gasteiger partial charge in [-0.15, -0.1) is 0 Å². The minimum Gasteiger partial charge on any atom is -0.508 e. The van der Waals surface area contributed by atoms with E-state index in [4.69, 9.17) is 4.74 Å². The second-order valence-electron chi connectivity index (χ2n) is 9.11. The Morgan fingerprint density at radius 1 is 0.974 bits per heavy atom. The molecule has 198 valence electrons. The molecular weight excluding hydrogens is 492 g/mol. The maximum absolute atomic E-state index is 13.1. The third-order valence-electron chi connectivity index (χ3n) is 6.53. The van der Waals surface area contributed by atoms with Crippen molar-refractivity contribution in [2.75, 3.05) is 0 Å². The van der Waals surface area contributed by atoms with E-state index in [2.05, 4.69) is 10.6 Å². The maximum Gasteiger partial charge on any atom is 0.307 e. The van der Waals surface area contributed by atoms with Crippen LogP contribution < -0.4 is 10.6 Å². The highest BCUT2D eigenvalue weighted by atomic mass is 16.5. The van der Waals surface area contributed by atoms with Crippen molar-refractivity contribution in [2.24, 2.45) is 11.8 Å².